The lowest BCUT2D eigenvalue weighted by atomic mass is 10.4. The third kappa shape index (κ3) is 3.01. The van der Waals surface area contributed by atoms with Crippen LogP contribution in [0.5, 0.6) is 0 Å². The Morgan fingerprint density at radius 1 is 1.40 bits per heavy atom. The van der Waals surface area contributed by atoms with Gasteiger partial charge in [0, 0.05) is 12.7 Å². The second-order valence-corrected chi connectivity index (χ2v) is 5.44. The SMILES string of the molecule is CC(Br)c1cn(CCN2CCCC2)nn1. The molecule has 2 rings (SSSR count). The van der Waals surface area contributed by atoms with Crippen LogP contribution in [0.3, 0.4) is 0 Å². The normalized spacial score (nSPS) is 19.6. The molecular formula is C10H17BrN4. The smallest absolute Gasteiger partial charge is 0.0960 e. The van der Waals surface area contributed by atoms with Crippen molar-refractivity contribution in [3.8, 4) is 0 Å². The van der Waals surface area contributed by atoms with E-state index in [0.29, 0.717) is 0 Å². The number of nitrogens with zero attached hydrogens (tertiary/aromatic N) is 4. The Hall–Kier alpha value is -0.420. The van der Waals surface area contributed by atoms with E-state index in [-0.39, 0.29) is 4.83 Å². The van der Waals surface area contributed by atoms with Gasteiger partial charge < -0.3 is 4.90 Å². The molecule has 1 saturated heterocycles. The fraction of sp³-hybridized carbons (Fsp3) is 0.800. The van der Waals surface area contributed by atoms with E-state index in [9.17, 15) is 0 Å². The predicted octanol–water partition coefficient (Wildman–Crippen LogP) is 1.83. The molecule has 2 heterocycles. The largest absolute Gasteiger partial charge is 0.301 e. The van der Waals surface area contributed by atoms with Gasteiger partial charge in [0.1, 0.15) is 0 Å². The summed E-state index contributed by atoms with van der Waals surface area (Å²) in [5.41, 5.74) is 1.01. The molecule has 0 aliphatic carbocycles. The number of halogens is 1. The first-order valence-corrected chi connectivity index (χ1v) is 6.44. The molecule has 84 valence electrons. The zero-order valence-electron chi connectivity index (χ0n) is 9.06. The van der Waals surface area contributed by atoms with Gasteiger partial charge in [0.2, 0.25) is 0 Å². The van der Waals surface area contributed by atoms with Crippen molar-refractivity contribution in [1.82, 2.24) is 19.9 Å². The van der Waals surface area contributed by atoms with E-state index in [1.807, 2.05) is 10.9 Å². The lowest BCUT2D eigenvalue weighted by Gasteiger charge is -2.13. The second kappa shape index (κ2) is 5.07. The van der Waals surface area contributed by atoms with E-state index in [4.69, 9.17) is 0 Å². The van der Waals surface area contributed by atoms with E-state index in [2.05, 4.69) is 38.1 Å². The van der Waals surface area contributed by atoms with Crippen molar-refractivity contribution in [2.45, 2.75) is 31.1 Å². The third-order valence-corrected chi connectivity index (χ3v) is 3.28. The molecule has 1 aliphatic heterocycles. The molecule has 5 heteroatoms. The number of hydrogen-bond acceptors (Lipinski definition) is 3. The number of likely N-dealkylation sites (tertiary alicyclic amines) is 1. The first-order valence-electron chi connectivity index (χ1n) is 5.52. The first kappa shape index (κ1) is 11.1. The molecule has 1 fully saturated rings. The van der Waals surface area contributed by atoms with Crippen molar-refractivity contribution >= 4 is 15.9 Å². The molecule has 0 radical (unpaired) electrons. The van der Waals surface area contributed by atoms with Crippen LogP contribution in [0.15, 0.2) is 6.20 Å². The second-order valence-electron chi connectivity index (χ2n) is 4.07. The predicted molar refractivity (Wildman–Crippen MR) is 63.0 cm³/mol. The first-order chi connectivity index (χ1) is 7.25. The molecule has 4 nitrogen and oxygen atoms in total. The van der Waals surface area contributed by atoms with Crippen LogP contribution in [0.2, 0.25) is 0 Å². The number of alkyl halides is 1. The van der Waals surface area contributed by atoms with Crippen LogP contribution < -0.4 is 0 Å². The number of rotatable bonds is 4. The van der Waals surface area contributed by atoms with Crippen molar-refractivity contribution in [2.75, 3.05) is 19.6 Å². The zero-order chi connectivity index (χ0) is 10.7. The molecule has 0 saturated carbocycles. The van der Waals surface area contributed by atoms with Crippen molar-refractivity contribution in [3.05, 3.63) is 11.9 Å². The standard InChI is InChI=1S/C10H17BrN4/c1-9(11)10-8-15(13-12-10)7-6-14-4-2-3-5-14/h8-9H,2-7H2,1H3. The van der Waals surface area contributed by atoms with Gasteiger partial charge in [-0.3, -0.25) is 4.68 Å². The van der Waals surface area contributed by atoms with Gasteiger partial charge in [-0.1, -0.05) is 21.1 Å². The zero-order valence-corrected chi connectivity index (χ0v) is 10.7. The molecule has 1 aromatic heterocycles. The average Bonchev–Trinajstić information content (AvgIpc) is 2.86. The Morgan fingerprint density at radius 2 is 2.13 bits per heavy atom. The lowest BCUT2D eigenvalue weighted by molar-refractivity contribution is 0.314. The monoisotopic (exact) mass is 272 g/mol. The fourth-order valence-corrected chi connectivity index (χ4v) is 2.06. The Kier molecular flexibility index (Phi) is 3.75. The molecule has 0 amide bonds. The minimum atomic E-state index is 0.290. The van der Waals surface area contributed by atoms with Crippen LogP contribution in [-0.4, -0.2) is 39.5 Å². The van der Waals surface area contributed by atoms with Gasteiger partial charge in [0.05, 0.1) is 17.1 Å². The van der Waals surface area contributed by atoms with Gasteiger partial charge in [-0.05, 0) is 32.9 Å². The Labute approximate surface area is 98.8 Å². The number of aromatic nitrogens is 3. The molecule has 0 spiro atoms. The summed E-state index contributed by atoms with van der Waals surface area (Å²) in [6.07, 6.45) is 4.72. The van der Waals surface area contributed by atoms with E-state index >= 15 is 0 Å². The molecule has 0 N–H and O–H groups in total. The van der Waals surface area contributed by atoms with Crippen LogP contribution in [0.4, 0.5) is 0 Å². The molecule has 0 aromatic carbocycles. The summed E-state index contributed by atoms with van der Waals surface area (Å²) in [4.78, 5) is 2.77. The van der Waals surface area contributed by atoms with Crippen LogP contribution >= 0.6 is 15.9 Å². The summed E-state index contributed by atoms with van der Waals surface area (Å²) in [5.74, 6) is 0. The van der Waals surface area contributed by atoms with Crippen molar-refractivity contribution in [2.24, 2.45) is 0 Å². The Morgan fingerprint density at radius 3 is 2.73 bits per heavy atom. The average molecular weight is 273 g/mol. The van der Waals surface area contributed by atoms with E-state index in [1.165, 1.54) is 25.9 Å². The van der Waals surface area contributed by atoms with Gasteiger partial charge in [0.15, 0.2) is 0 Å². The van der Waals surface area contributed by atoms with Crippen LogP contribution in [-0.2, 0) is 6.54 Å². The molecule has 1 aromatic rings. The van der Waals surface area contributed by atoms with E-state index in [0.717, 1.165) is 18.8 Å². The van der Waals surface area contributed by atoms with Crippen LogP contribution in [0.25, 0.3) is 0 Å². The van der Waals surface area contributed by atoms with Gasteiger partial charge in [-0.2, -0.15) is 0 Å². The van der Waals surface area contributed by atoms with Crippen molar-refractivity contribution < 1.29 is 0 Å². The van der Waals surface area contributed by atoms with Gasteiger partial charge in [-0.25, -0.2) is 0 Å². The van der Waals surface area contributed by atoms with E-state index in [1.54, 1.807) is 0 Å². The molecule has 15 heavy (non-hydrogen) atoms. The molecular weight excluding hydrogens is 256 g/mol. The van der Waals surface area contributed by atoms with Crippen molar-refractivity contribution in [3.63, 3.8) is 0 Å². The fourth-order valence-electron chi connectivity index (χ4n) is 1.86. The maximum Gasteiger partial charge on any atom is 0.0960 e. The van der Waals surface area contributed by atoms with Crippen LogP contribution in [0, 0.1) is 0 Å². The van der Waals surface area contributed by atoms with Gasteiger partial charge in [0.25, 0.3) is 0 Å². The lowest BCUT2D eigenvalue weighted by Crippen LogP contribution is -2.24. The summed E-state index contributed by atoms with van der Waals surface area (Å²) in [6, 6.07) is 0. The molecule has 1 aliphatic rings. The Balaban J connectivity index is 1.82. The molecule has 1 unspecified atom stereocenters. The highest BCUT2D eigenvalue weighted by Crippen LogP contribution is 2.18. The maximum atomic E-state index is 4.11. The van der Waals surface area contributed by atoms with Crippen LogP contribution in [0.1, 0.15) is 30.3 Å². The molecule has 1 atom stereocenters. The maximum absolute atomic E-state index is 4.11. The number of hydrogen-bond donors (Lipinski definition) is 0. The summed E-state index contributed by atoms with van der Waals surface area (Å²) >= 11 is 3.49. The topological polar surface area (TPSA) is 34.0 Å². The van der Waals surface area contributed by atoms with Crippen molar-refractivity contribution in [1.29, 1.82) is 0 Å². The summed E-state index contributed by atoms with van der Waals surface area (Å²) < 4.78 is 1.94. The van der Waals surface area contributed by atoms with Gasteiger partial charge in [-0.15, -0.1) is 5.10 Å². The Bertz CT molecular complexity index is 304. The quantitative estimate of drug-likeness (QED) is 0.785. The summed E-state index contributed by atoms with van der Waals surface area (Å²) in [6.45, 7) is 6.60. The highest BCUT2D eigenvalue weighted by Gasteiger charge is 2.11. The van der Waals surface area contributed by atoms with E-state index < -0.39 is 0 Å². The molecule has 0 bridgehead atoms. The highest BCUT2D eigenvalue weighted by atomic mass is 79.9. The summed E-state index contributed by atoms with van der Waals surface area (Å²) in [5, 5.41) is 8.22. The minimum absolute atomic E-state index is 0.290. The highest BCUT2D eigenvalue weighted by molar-refractivity contribution is 9.09. The summed E-state index contributed by atoms with van der Waals surface area (Å²) in [7, 11) is 0. The minimum Gasteiger partial charge on any atom is -0.301 e. The third-order valence-electron chi connectivity index (χ3n) is 2.81. The van der Waals surface area contributed by atoms with Gasteiger partial charge >= 0.3 is 0 Å².